The van der Waals surface area contributed by atoms with Crippen LogP contribution < -0.4 is 0 Å². The highest BCUT2D eigenvalue weighted by Gasteiger charge is 2.21. The fourth-order valence-electron chi connectivity index (χ4n) is 7.50. The predicted octanol–water partition coefficient (Wildman–Crippen LogP) is 12.0. The monoisotopic (exact) mass is 596 g/mol. The Morgan fingerprint density at radius 2 is 0.872 bits per heavy atom. The molecule has 0 radical (unpaired) electrons. The summed E-state index contributed by atoms with van der Waals surface area (Å²) in [4.78, 5) is 0. The molecule has 0 amide bonds. The van der Waals surface area contributed by atoms with Gasteiger partial charge in [-0.1, -0.05) is 140 Å². The Morgan fingerprint density at radius 1 is 0.383 bits per heavy atom. The molecule has 9 rings (SSSR count). The second-order valence-corrected chi connectivity index (χ2v) is 12.0. The summed E-state index contributed by atoms with van der Waals surface area (Å²) in [6.07, 6.45) is 0. The number of aromatic nitrogens is 1. The predicted molar refractivity (Wildman–Crippen MR) is 197 cm³/mol. The maximum atomic E-state index is 10.6. The minimum atomic E-state index is 0.655. The van der Waals surface area contributed by atoms with Gasteiger partial charge in [-0.25, -0.2) is 0 Å². The van der Waals surface area contributed by atoms with E-state index < -0.39 is 0 Å². The number of hydrogen-bond donors (Lipinski definition) is 0. The van der Waals surface area contributed by atoms with Gasteiger partial charge in [0.05, 0.1) is 22.7 Å². The zero-order chi connectivity index (χ0) is 31.3. The molecule has 1 aromatic heterocycles. The van der Waals surface area contributed by atoms with Crippen molar-refractivity contribution < 1.29 is 0 Å². The van der Waals surface area contributed by atoms with Gasteiger partial charge < -0.3 is 4.57 Å². The molecule has 0 aliphatic rings. The van der Waals surface area contributed by atoms with E-state index in [4.69, 9.17) is 0 Å². The van der Waals surface area contributed by atoms with Crippen LogP contribution in [-0.4, -0.2) is 4.57 Å². The van der Waals surface area contributed by atoms with Crippen LogP contribution in [0.3, 0.4) is 0 Å². The van der Waals surface area contributed by atoms with E-state index in [-0.39, 0.29) is 0 Å². The number of fused-ring (bicyclic) bond motifs is 5. The van der Waals surface area contributed by atoms with Crippen molar-refractivity contribution in [3.05, 3.63) is 175 Å². The van der Waals surface area contributed by atoms with Gasteiger partial charge in [0, 0.05) is 22.0 Å². The first-order valence-corrected chi connectivity index (χ1v) is 15.9. The number of nitriles is 1. The van der Waals surface area contributed by atoms with E-state index in [1.54, 1.807) is 0 Å². The first-order chi connectivity index (χ1) is 23.3. The normalized spacial score (nSPS) is 11.4. The van der Waals surface area contributed by atoms with Crippen molar-refractivity contribution >= 4 is 43.4 Å². The summed E-state index contributed by atoms with van der Waals surface area (Å²) in [7, 11) is 0. The molecule has 218 valence electrons. The van der Waals surface area contributed by atoms with Gasteiger partial charge in [0.1, 0.15) is 0 Å². The van der Waals surface area contributed by atoms with Gasteiger partial charge in [-0.15, -0.1) is 0 Å². The van der Waals surface area contributed by atoms with Crippen molar-refractivity contribution in [3.8, 4) is 45.1 Å². The maximum absolute atomic E-state index is 10.6. The lowest BCUT2D eigenvalue weighted by Crippen LogP contribution is -1.97. The average Bonchev–Trinajstić information content (AvgIpc) is 3.48. The maximum Gasteiger partial charge on any atom is 0.0998 e. The summed E-state index contributed by atoms with van der Waals surface area (Å²) in [5.74, 6) is 0. The molecule has 0 fully saturated rings. The summed E-state index contributed by atoms with van der Waals surface area (Å²) in [5, 5.41) is 17.7. The largest absolute Gasteiger partial charge is 0.309 e. The number of rotatable bonds is 4. The smallest absolute Gasteiger partial charge is 0.0998 e. The van der Waals surface area contributed by atoms with Crippen molar-refractivity contribution in [2.24, 2.45) is 0 Å². The third-order valence-corrected chi connectivity index (χ3v) is 9.42. The van der Waals surface area contributed by atoms with Crippen LogP contribution in [0.4, 0.5) is 0 Å². The van der Waals surface area contributed by atoms with Gasteiger partial charge in [-0.2, -0.15) is 5.26 Å². The Morgan fingerprint density at radius 3 is 1.47 bits per heavy atom. The van der Waals surface area contributed by atoms with Crippen molar-refractivity contribution in [1.82, 2.24) is 4.57 Å². The fourth-order valence-corrected chi connectivity index (χ4v) is 7.50. The molecule has 47 heavy (non-hydrogen) atoms. The van der Waals surface area contributed by atoms with Crippen LogP contribution in [0.2, 0.25) is 0 Å². The lowest BCUT2D eigenvalue weighted by Gasteiger charge is -2.20. The molecular weight excluding hydrogens is 569 g/mol. The molecular formula is C45H28N2. The van der Waals surface area contributed by atoms with Crippen molar-refractivity contribution in [2.75, 3.05) is 0 Å². The lowest BCUT2D eigenvalue weighted by molar-refractivity contribution is 1.18. The molecule has 0 saturated heterocycles. The quantitative estimate of drug-likeness (QED) is 0.186. The molecule has 0 aliphatic heterocycles. The second-order valence-electron chi connectivity index (χ2n) is 12.0. The van der Waals surface area contributed by atoms with Crippen LogP contribution in [-0.2, 0) is 0 Å². The van der Waals surface area contributed by atoms with Crippen LogP contribution in [0.25, 0.3) is 82.4 Å². The summed E-state index contributed by atoms with van der Waals surface area (Å²) in [6.45, 7) is 0. The van der Waals surface area contributed by atoms with Gasteiger partial charge in [-0.3, -0.25) is 0 Å². The van der Waals surface area contributed by atoms with Gasteiger partial charge >= 0.3 is 0 Å². The van der Waals surface area contributed by atoms with Crippen LogP contribution >= 0.6 is 0 Å². The van der Waals surface area contributed by atoms with E-state index in [1.807, 2.05) is 12.1 Å². The zero-order valence-corrected chi connectivity index (χ0v) is 25.6. The van der Waals surface area contributed by atoms with Crippen LogP contribution in [0.5, 0.6) is 0 Å². The van der Waals surface area contributed by atoms with Gasteiger partial charge in [0.15, 0.2) is 0 Å². The Hall–Kier alpha value is -6.43. The standard InChI is InChI=1S/C45H28N2/c46-29-32-17-13-25-40(45-38-23-6-4-21-36(38)44(30-14-2-1-3-15-30)37-22-5-7-24-39(37)45)43(32)31-16-12-18-33(28-31)47-41-26-10-8-19-34(41)35-20-9-11-27-42(35)47/h1-28H. The number of benzene rings is 8. The minimum absolute atomic E-state index is 0.655. The molecule has 0 aliphatic carbocycles. The molecule has 2 nitrogen and oxygen atoms in total. The van der Waals surface area contributed by atoms with Crippen molar-refractivity contribution in [3.63, 3.8) is 0 Å². The molecule has 2 heteroatoms. The first-order valence-electron chi connectivity index (χ1n) is 15.9. The second kappa shape index (κ2) is 10.9. The van der Waals surface area contributed by atoms with Crippen LogP contribution in [0, 0.1) is 11.3 Å². The van der Waals surface area contributed by atoms with E-state index in [2.05, 4.69) is 168 Å². The molecule has 0 N–H and O–H groups in total. The van der Waals surface area contributed by atoms with Gasteiger partial charge in [0.25, 0.3) is 0 Å². The Balaban J connectivity index is 1.35. The average molecular weight is 597 g/mol. The minimum Gasteiger partial charge on any atom is -0.309 e. The summed E-state index contributed by atoms with van der Waals surface area (Å²) >= 11 is 0. The topological polar surface area (TPSA) is 28.7 Å². The summed E-state index contributed by atoms with van der Waals surface area (Å²) in [6, 6.07) is 62.5. The highest BCUT2D eigenvalue weighted by atomic mass is 15.0. The van der Waals surface area contributed by atoms with E-state index in [1.165, 1.54) is 43.4 Å². The Bertz CT molecular complexity index is 2580. The lowest BCUT2D eigenvalue weighted by atomic mass is 9.83. The fraction of sp³-hybridized carbons (Fsp3) is 0. The third kappa shape index (κ3) is 4.18. The summed E-state index contributed by atoms with van der Waals surface area (Å²) in [5.41, 5.74) is 10.6. The first kappa shape index (κ1) is 26.9. The van der Waals surface area contributed by atoms with Gasteiger partial charge in [-0.05, 0) is 79.7 Å². The Labute approximate surface area is 273 Å². The molecule has 0 bridgehead atoms. The van der Waals surface area contributed by atoms with Crippen LogP contribution in [0.1, 0.15) is 5.56 Å². The number of nitrogens with zero attached hydrogens (tertiary/aromatic N) is 2. The van der Waals surface area contributed by atoms with Crippen LogP contribution in [0.15, 0.2) is 170 Å². The van der Waals surface area contributed by atoms with E-state index in [9.17, 15) is 5.26 Å². The van der Waals surface area contributed by atoms with Gasteiger partial charge in [0.2, 0.25) is 0 Å². The van der Waals surface area contributed by atoms with E-state index in [0.29, 0.717) is 5.56 Å². The number of hydrogen-bond acceptors (Lipinski definition) is 1. The zero-order valence-electron chi connectivity index (χ0n) is 25.6. The molecule has 0 saturated carbocycles. The SMILES string of the molecule is N#Cc1cccc(-c2c3ccccc3c(-c3ccccc3)c3ccccc23)c1-c1cccc(-n2c3ccccc3c3ccccc32)c1. The molecule has 9 aromatic rings. The van der Waals surface area contributed by atoms with E-state index in [0.717, 1.165) is 39.0 Å². The number of para-hydroxylation sites is 2. The van der Waals surface area contributed by atoms with Crippen molar-refractivity contribution in [1.29, 1.82) is 5.26 Å². The third-order valence-electron chi connectivity index (χ3n) is 9.42. The Kier molecular flexibility index (Phi) is 6.23. The molecule has 8 aromatic carbocycles. The van der Waals surface area contributed by atoms with Crippen molar-refractivity contribution in [2.45, 2.75) is 0 Å². The summed E-state index contributed by atoms with van der Waals surface area (Å²) < 4.78 is 2.34. The molecule has 0 atom stereocenters. The molecule has 0 spiro atoms. The highest BCUT2D eigenvalue weighted by Crippen LogP contribution is 2.47. The molecule has 0 unspecified atom stereocenters. The highest BCUT2D eigenvalue weighted by molar-refractivity contribution is 6.22. The molecule has 1 heterocycles. The van der Waals surface area contributed by atoms with E-state index >= 15 is 0 Å².